The highest BCUT2D eigenvalue weighted by Crippen LogP contribution is 2.42. The van der Waals surface area contributed by atoms with Gasteiger partial charge in [0.25, 0.3) is 0 Å². The fourth-order valence-corrected chi connectivity index (χ4v) is 7.20. The van der Waals surface area contributed by atoms with Gasteiger partial charge in [-0.3, -0.25) is 0 Å². The molecular weight excluding hydrogens is 687 g/mol. The molecule has 7 aromatic carbocycles. The summed E-state index contributed by atoms with van der Waals surface area (Å²) in [6, 6.07) is 59.7. The van der Waals surface area contributed by atoms with Crippen molar-refractivity contribution in [2.75, 3.05) is 4.90 Å². The standard InChI is InChI=1S/C49H29N7/c1-51-37-20-24-39(25-21-37)55(38-22-17-33(32-50)18-23-38)40-26-28-47-42(30-40)41-15-9-10-16-46(41)56(47)48-27-19-36(29-45(48)52-2)44-31-43(34-11-5-3-6-12-34)53-49(54-44)35-13-7-4-8-14-35/h3-31H. The zero-order valence-electron chi connectivity index (χ0n) is 29.9. The Morgan fingerprint density at radius 3 is 1.80 bits per heavy atom. The molecule has 7 heteroatoms. The highest BCUT2D eigenvalue weighted by molar-refractivity contribution is 6.11. The Kier molecular flexibility index (Phi) is 8.53. The second-order valence-electron chi connectivity index (χ2n) is 13.2. The Labute approximate surface area is 323 Å². The van der Waals surface area contributed by atoms with E-state index in [-0.39, 0.29) is 0 Å². The molecule has 56 heavy (non-hydrogen) atoms. The van der Waals surface area contributed by atoms with Crippen molar-refractivity contribution in [1.29, 1.82) is 5.26 Å². The molecule has 7 nitrogen and oxygen atoms in total. The topological polar surface area (TPSA) is 66.5 Å². The number of nitriles is 1. The van der Waals surface area contributed by atoms with E-state index in [0.717, 1.165) is 72.6 Å². The molecule has 0 saturated heterocycles. The van der Waals surface area contributed by atoms with Crippen LogP contribution in [0.5, 0.6) is 0 Å². The van der Waals surface area contributed by atoms with Crippen molar-refractivity contribution >= 4 is 50.2 Å². The number of nitrogens with zero attached hydrogens (tertiary/aromatic N) is 7. The lowest BCUT2D eigenvalue weighted by molar-refractivity contribution is 1.17. The molecule has 0 unspecified atom stereocenters. The fraction of sp³-hybridized carbons (Fsp3) is 0. The molecule has 0 aliphatic carbocycles. The van der Waals surface area contributed by atoms with Gasteiger partial charge in [-0.1, -0.05) is 97.1 Å². The van der Waals surface area contributed by atoms with Gasteiger partial charge in [0.15, 0.2) is 11.5 Å². The fourth-order valence-electron chi connectivity index (χ4n) is 7.20. The van der Waals surface area contributed by atoms with Crippen molar-refractivity contribution in [3.8, 4) is 45.7 Å². The minimum Gasteiger partial charge on any atom is -0.319 e. The van der Waals surface area contributed by atoms with Crippen molar-refractivity contribution in [3.05, 3.63) is 204 Å². The third-order valence-electron chi connectivity index (χ3n) is 9.87. The van der Waals surface area contributed by atoms with Crippen LogP contribution in [0.2, 0.25) is 0 Å². The SMILES string of the molecule is [C-]#[N+]c1ccc(N(c2ccc(C#N)cc2)c2ccc3c(c2)c2ccccc2n3-c2ccc(-c3cc(-c4ccccc4)nc(-c4ccccc4)n3)cc2[N+]#[C-])cc1. The number of hydrogen-bond donors (Lipinski definition) is 0. The number of rotatable bonds is 7. The molecule has 9 rings (SSSR count). The van der Waals surface area contributed by atoms with Crippen LogP contribution in [-0.2, 0) is 0 Å². The summed E-state index contributed by atoms with van der Waals surface area (Å²) in [5.41, 5.74) is 11.2. The number of benzene rings is 7. The Morgan fingerprint density at radius 2 is 1.12 bits per heavy atom. The minimum atomic E-state index is 0.495. The summed E-state index contributed by atoms with van der Waals surface area (Å²) in [5, 5.41) is 11.5. The van der Waals surface area contributed by atoms with Gasteiger partial charge in [0, 0.05) is 39.0 Å². The summed E-state index contributed by atoms with van der Waals surface area (Å²) < 4.78 is 2.16. The van der Waals surface area contributed by atoms with Crippen LogP contribution in [0.4, 0.5) is 28.4 Å². The summed E-state index contributed by atoms with van der Waals surface area (Å²) in [7, 11) is 0. The Morgan fingerprint density at radius 1 is 0.518 bits per heavy atom. The molecule has 2 aromatic heterocycles. The van der Waals surface area contributed by atoms with E-state index in [1.54, 1.807) is 0 Å². The third-order valence-corrected chi connectivity index (χ3v) is 9.87. The first kappa shape index (κ1) is 33.5. The first-order valence-electron chi connectivity index (χ1n) is 17.9. The summed E-state index contributed by atoms with van der Waals surface area (Å²) in [6.45, 7) is 15.8. The molecular formula is C49H29N7. The van der Waals surface area contributed by atoms with Crippen LogP contribution in [0.3, 0.4) is 0 Å². The van der Waals surface area contributed by atoms with E-state index in [2.05, 4.69) is 55.6 Å². The van der Waals surface area contributed by atoms with Gasteiger partial charge < -0.3 is 9.47 Å². The van der Waals surface area contributed by atoms with Gasteiger partial charge in [-0.05, 0) is 84.4 Å². The minimum absolute atomic E-state index is 0.495. The van der Waals surface area contributed by atoms with E-state index in [1.807, 2.05) is 146 Å². The van der Waals surface area contributed by atoms with Crippen molar-refractivity contribution in [1.82, 2.24) is 14.5 Å². The van der Waals surface area contributed by atoms with Gasteiger partial charge in [-0.15, -0.1) is 0 Å². The number of para-hydroxylation sites is 1. The molecule has 9 aromatic rings. The maximum absolute atomic E-state index is 9.47. The van der Waals surface area contributed by atoms with E-state index >= 15 is 0 Å². The lowest BCUT2D eigenvalue weighted by Gasteiger charge is -2.26. The molecule has 0 spiro atoms. The van der Waals surface area contributed by atoms with Crippen LogP contribution in [0.25, 0.3) is 71.1 Å². The molecule has 0 aliphatic rings. The third kappa shape index (κ3) is 6.06. The van der Waals surface area contributed by atoms with Crippen molar-refractivity contribution < 1.29 is 0 Å². The highest BCUT2D eigenvalue weighted by atomic mass is 15.1. The van der Waals surface area contributed by atoms with Crippen LogP contribution in [0, 0.1) is 24.5 Å². The molecule has 0 saturated carbocycles. The largest absolute Gasteiger partial charge is 0.319 e. The average Bonchev–Trinajstić information content (AvgIpc) is 3.60. The van der Waals surface area contributed by atoms with Gasteiger partial charge in [0.1, 0.15) is 0 Å². The summed E-state index contributed by atoms with van der Waals surface area (Å²) in [4.78, 5) is 19.7. The molecule has 2 heterocycles. The van der Waals surface area contributed by atoms with Crippen LogP contribution >= 0.6 is 0 Å². The second-order valence-corrected chi connectivity index (χ2v) is 13.2. The van der Waals surface area contributed by atoms with Gasteiger partial charge >= 0.3 is 0 Å². The lowest BCUT2D eigenvalue weighted by Crippen LogP contribution is -2.09. The zero-order chi connectivity index (χ0) is 38.0. The Bertz CT molecular complexity index is 2920. The molecule has 0 amide bonds. The predicted octanol–water partition coefficient (Wildman–Crippen LogP) is 13.0. The van der Waals surface area contributed by atoms with E-state index in [9.17, 15) is 5.26 Å². The molecule has 0 bridgehead atoms. The Hall–Kier alpha value is -8.31. The monoisotopic (exact) mass is 715 g/mol. The quantitative estimate of drug-likeness (QED) is 0.154. The maximum atomic E-state index is 9.47. The van der Waals surface area contributed by atoms with E-state index in [1.165, 1.54) is 0 Å². The first-order valence-corrected chi connectivity index (χ1v) is 17.9. The van der Waals surface area contributed by atoms with E-state index < -0.39 is 0 Å². The lowest BCUT2D eigenvalue weighted by atomic mass is 10.1. The number of aromatic nitrogens is 3. The highest BCUT2D eigenvalue weighted by Gasteiger charge is 2.20. The van der Waals surface area contributed by atoms with Crippen LogP contribution in [0.15, 0.2) is 176 Å². The first-order chi connectivity index (χ1) is 27.6. The molecule has 0 atom stereocenters. The summed E-state index contributed by atoms with van der Waals surface area (Å²) in [5.74, 6) is 0.617. The van der Waals surface area contributed by atoms with Gasteiger partial charge in [0.05, 0.1) is 52.9 Å². The molecule has 0 radical (unpaired) electrons. The molecule has 260 valence electrons. The van der Waals surface area contributed by atoms with E-state index in [0.29, 0.717) is 22.8 Å². The number of hydrogen-bond acceptors (Lipinski definition) is 4. The average molecular weight is 716 g/mol. The zero-order valence-corrected chi connectivity index (χ0v) is 29.9. The van der Waals surface area contributed by atoms with E-state index in [4.69, 9.17) is 23.1 Å². The van der Waals surface area contributed by atoms with Gasteiger partial charge in [-0.25, -0.2) is 19.7 Å². The number of anilines is 3. The summed E-state index contributed by atoms with van der Waals surface area (Å²) in [6.07, 6.45) is 0. The van der Waals surface area contributed by atoms with Crippen molar-refractivity contribution in [3.63, 3.8) is 0 Å². The molecule has 0 aliphatic heterocycles. The van der Waals surface area contributed by atoms with Crippen LogP contribution in [0.1, 0.15) is 5.56 Å². The maximum Gasteiger partial charge on any atom is 0.211 e. The number of fused-ring (bicyclic) bond motifs is 3. The van der Waals surface area contributed by atoms with Gasteiger partial charge in [0.2, 0.25) is 5.69 Å². The van der Waals surface area contributed by atoms with Gasteiger partial charge in [-0.2, -0.15) is 5.26 Å². The summed E-state index contributed by atoms with van der Waals surface area (Å²) >= 11 is 0. The van der Waals surface area contributed by atoms with Crippen LogP contribution in [-0.4, -0.2) is 14.5 Å². The van der Waals surface area contributed by atoms with Crippen molar-refractivity contribution in [2.24, 2.45) is 0 Å². The van der Waals surface area contributed by atoms with Crippen molar-refractivity contribution in [2.45, 2.75) is 0 Å². The predicted molar refractivity (Wildman–Crippen MR) is 225 cm³/mol. The normalized spacial score (nSPS) is 10.8. The van der Waals surface area contributed by atoms with Crippen LogP contribution < -0.4 is 4.90 Å². The second kappa shape index (κ2) is 14.3. The molecule has 0 fully saturated rings. The Balaban J connectivity index is 1.19. The molecule has 0 N–H and O–H groups in total. The smallest absolute Gasteiger partial charge is 0.211 e.